The van der Waals surface area contributed by atoms with Crippen molar-refractivity contribution in [1.29, 1.82) is 0 Å². The van der Waals surface area contributed by atoms with E-state index in [0.717, 1.165) is 48.1 Å². The molecule has 5 nitrogen and oxygen atoms in total. The van der Waals surface area contributed by atoms with Crippen LogP contribution >= 0.6 is 0 Å². The van der Waals surface area contributed by atoms with Crippen LogP contribution in [0.1, 0.15) is 22.3 Å². The predicted octanol–water partition coefficient (Wildman–Crippen LogP) is 3.30. The van der Waals surface area contributed by atoms with Crippen LogP contribution in [0, 0.1) is 0 Å². The highest BCUT2D eigenvalue weighted by atomic mass is 16.7. The van der Waals surface area contributed by atoms with Crippen molar-refractivity contribution in [2.24, 2.45) is 0 Å². The van der Waals surface area contributed by atoms with Crippen LogP contribution in [0.4, 0.5) is 0 Å². The highest BCUT2D eigenvalue weighted by Crippen LogP contribution is 2.40. The molecule has 0 aromatic heterocycles. The van der Waals surface area contributed by atoms with Crippen molar-refractivity contribution in [3.05, 3.63) is 46.5 Å². The van der Waals surface area contributed by atoms with E-state index in [-0.39, 0.29) is 0 Å². The molecule has 3 aliphatic rings. The first-order chi connectivity index (χ1) is 12.3. The molecule has 5 rings (SSSR count). The molecule has 0 atom stereocenters. The molecule has 2 aromatic rings. The largest absolute Gasteiger partial charge is 0.454 e. The quantitative estimate of drug-likeness (QED) is 0.738. The summed E-state index contributed by atoms with van der Waals surface area (Å²) in [5.74, 6) is 3.37. The van der Waals surface area contributed by atoms with Gasteiger partial charge in [0.2, 0.25) is 13.6 Å². The number of likely N-dealkylation sites (N-methyl/N-ethyl adjacent to an activating group) is 1. The van der Waals surface area contributed by atoms with Crippen LogP contribution in [0.15, 0.2) is 24.3 Å². The van der Waals surface area contributed by atoms with Crippen LogP contribution in [0.5, 0.6) is 23.0 Å². The van der Waals surface area contributed by atoms with Gasteiger partial charge >= 0.3 is 0 Å². The van der Waals surface area contributed by atoms with E-state index in [1.165, 1.54) is 16.7 Å². The van der Waals surface area contributed by atoms with Crippen molar-refractivity contribution in [1.82, 2.24) is 4.90 Å². The molecule has 0 amide bonds. The number of nitrogens with zero attached hydrogens (tertiary/aromatic N) is 1. The van der Waals surface area contributed by atoms with E-state index < -0.39 is 0 Å². The summed E-state index contributed by atoms with van der Waals surface area (Å²) in [5, 5.41) is 0. The summed E-state index contributed by atoms with van der Waals surface area (Å²) < 4.78 is 22.3. The van der Waals surface area contributed by atoms with Gasteiger partial charge in [-0.1, -0.05) is 18.2 Å². The summed E-state index contributed by atoms with van der Waals surface area (Å²) in [7, 11) is 2.14. The highest BCUT2D eigenvalue weighted by Gasteiger charge is 2.22. The Balaban J connectivity index is 1.63. The second-order valence-electron chi connectivity index (χ2n) is 6.59. The fraction of sp³-hybridized carbons (Fsp3) is 0.300. The van der Waals surface area contributed by atoms with E-state index in [2.05, 4.69) is 42.3 Å². The molecule has 2 aromatic carbocycles. The van der Waals surface area contributed by atoms with Crippen molar-refractivity contribution < 1.29 is 18.9 Å². The predicted molar refractivity (Wildman–Crippen MR) is 94.1 cm³/mol. The number of fused-ring (bicyclic) bond motifs is 5. The molecular weight excluding hydrogens is 318 g/mol. The van der Waals surface area contributed by atoms with Crippen LogP contribution in [-0.4, -0.2) is 32.1 Å². The highest BCUT2D eigenvalue weighted by molar-refractivity contribution is 5.76. The fourth-order valence-corrected chi connectivity index (χ4v) is 3.58. The third-order valence-corrected chi connectivity index (χ3v) is 4.95. The summed E-state index contributed by atoms with van der Waals surface area (Å²) in [5.41, 5.74) is 4.78. The van der Waals surface area contributed by atoms with Gasteiger partial charge in [0, 0.05) is 18.7 Å². The third-order valence-electron chi connectivity index (χ3n) is 4.95. The lowest BCUT2D eigenvalue weighted by Gasteiger charge is -2.21. The zero-order valence-corrected chi connectivity index (χ0v) is 14.1. The molecule has 3 heterocycles. The van der Waals surface area contributed by atoms with Gasteiger partial charge in [-0.05, 0) is 48.4 Å². The number of ether oxygens (including phenoxy) is 4. The van der Waals surface area contributed by atoms with Gasteiger partial charge in [-0.3, -0.25) is 0 Å². The maximum Gasteiger partial charge on any atom is 0.231 e. The minimum absolute atomic E-state index is 0.297. The van der Waals surface area contributed by atoms with Crippen LogP contribution in [-0.2, 0) is 13.0 Å². The van der Waals surface area contributed by atoms with Crippen LogP contribution < -0.4 is 18.9 Å². The first kappa shape index (κ1) is 14.7. The molecule has 0 fully saturated rings. The zero-order valence-electron chi connectivity index (χ0n) is 14.1. The summed E-state index contributed by atoms with van der Waals surface area (Å²) in [6.07, 6.45) is 5.26. The lowest BCUT2D eigenvalue weighted by Crippen LogP contribution is -2.22. The molecule has 0 N–H and O–H groups in total. The molecule has 0 radical (unpaired) electrons. The zero-order chi connectivity index (χ0) is 16.8. The molecule has 0 aliphatic carbocycles. The summed E-state index contributed by atoms with van der Waals surface area (Å²) in [6, 6.07) is 8.26. The molecule has 0 spiro atoms. The van der Waals surface area contributed by atoms with E-state index in [4.69, 9.17) is 18.9 Å². The summed E-state index contributed by atoms with van der Waals surface area (Å²) in [4.78, 5) is 2.31. The number of rotatable bonds is 0. The number of hydrogen-bond donors (Lipinski definition) is 0. The van der Waals surface area contributed by atoms with Crippen molar-refractivity contribution >= 4 is 12.2 Å². The van der Waals surface area contributed by atoms with E-state index in [0.29, 0.717) is 13.6 Å². The average molecular weight is 337 g/mol. The second-order valence-corrected chi connectivity index (χ2v) is 6.59. The van der Waals surface area contributed by atoms with Gasteiger partial charge in [0.1, 0.15) is 0 Å². The smallest absolute Gasteiger partial charge is 0.231 e. The summed E-state index contributed by atoms with van der Waals surface area (Å²) in [6.45, 7) is 2.37. The topological polar surface area (TPSA) is 40.2 Å². The van der Waals surface area contributed by atoms with Gasteiger partial charge in [0.25, 0.3) is 0 Å². The minimum Gasteiger partial charge on any atom is -0.454 e. The molecular formula is C20H19NO4. The van der Waals surface area contributed by atoms with E-state index >= 15 is 0 Å². The Kier molecular flexibility index (Phi) is 3.35. The molecule has 0 unspecified atom stereocenters. The first-order valence-electron chi connectivity index (χ1n) is 8.48. The van der Waals surface area contributed by atoms with E-state index in [1.54, 1.807) is 0 Å². The van der Waals surface area contributed by atoms with Gasteiger partial charge in [-0.15, -0.1) is 0 Å². The minimum atomic E-state index is 0.297. The Morgan fingerprint density at radius 3 is 2.52 bits per heavy atom. The fourth-order valence-electron chi connectivity index (χ4n) is 3.58. The Morgan fingerprint density at radius 1 is 0.840 bits per heavy atom. The lowest BCUT2D eigenvalue weighted by molar-refractivity contribution is 0.172. The van der Waals surface area contributed by atoms with Gasteiger partial charge in [-0.2, -0.15) is 0 Å². The second kappa shape index (κ2) is 5.70. The maximum absolute atomic E-state index is 5.72. The maximum atomic E-state index is 5.72. The molecule has 0 saturated heterocycles. The monoisotopic (exact) mass is 337 g/mol. The van der Waals surface area contributed by atoms with Gasteiger partial charge in [0.15, 0.2) is 23.0 Å². The van der Waals surface area contributed by atoms with Crippen molar-refractivity contribution in [2.75, 3.05) is 27.2 Å². The Morgan fingerprint density at radius 2 is 1.60 bits per heavy atom. The Bertz CT molecular complexity index is 874. The molecule has 25 heavy (non-hydrogen) atoms. The third kappa shape index (κ3) is 2.51. The summed E-state index contributed by atoms with van der Waals surface area (Å²) >= 11 is 0. The number of benzene rings is 2. The van der Waals surface area contributed by atoms with Crippen LogP contribution in [0.2, 0.25) is 0 Å². The molecule has 0 saturated carbocycles. The standard InChI is InChI=1S/C20H19NO4/c1-21-7-6-15-9-19-18(23-11-24-19)8-14(15)3-2-13-4-5-17-20(16(13)10-21)25-12-22-17/h2-5,8-9H,6-7,10-12H2,1H3/b3-2+. The average Bonchev–Trinajstić information content (AvgIpc) is 3.27. The van der Waals surface area contributed by atoms with E-state index in [9.17, 15) is 0 Å². The van der Waals surface area contributed by atoms with Gasteiger partial charge in [0.05, 0.1) is 0 Å². The SMILES string of the molecule is CN1CCc2cc3c(cc2/C=C/c2ccc4c(c2C1)OCO4)OCO3. The molecule has 5 heteroatoms. The van der Waals surface area contributed by atoms with E-state index in [1.807, 2.05) is 6.07 Å². The van der Waals surface area contributed by atoms with Crippen LogP contribution in [0.25, 0.3) is 12.2 Å². The normalized spacial score (nSPS) is 19.2. The van der Waals surface area contributed by atoms with Gasteiger partial charge < -0.3 is 23.8 Å². The first-order valence-corrected chi connectivity index (χ1v) is 8.48. The van der Waals surface area contributed by atoms with Gasteiger partial charge in [-0.25, -0.2) is 0 Å². The van der Waals surface area contributed by atoms with Crippen molar-refractivity contribution in [2.45, 2.75) is 13.0 Å². The Labute approximate surface area is 146 Å². The molecule has 0 bridgehead atoms. The lowest BCUT2D eigenvalue weighted by atomic mass is 9.98. The molecule has 3 aliphatic heterocycles. The van der Waals surface area contributed by atoms with Crippen LogP contribution in [0.3, 0.4) is 0 Å². The molecule has 128 valence electrons. The Hall–Kier alpha value is -2.66. The van der Waals surface area contributed by atoms with Crippen molar-refractivity contribution in [3.63, 3.8) is 0 Å². The number of hydrogen-bond acceptors (Lipinski definition) is 5. The van der Waals surface area contributed by atoms with Crippen molar-refractivity contribution in [3.8, 4) is 23.0 Å².